The van der Waals surface area contributed by atoms with Crippen LogP contribution in [-0.2, 0) is 5.54 Å². The van der Waals surface area contributed by atoms with Gasteiger partial charge in [-0.05, 0) is 48.6 Å². The van der Waals surface area contributed by atoms with Gasteiger partial charge in [0.2, 0.25) is 5.43 Å². The van der Waals surface area contributed by atoms with Gasteiger partial charge in [0.05, 0.1) is 16.4 Å². The highest BCUT2D eigenvalue weighted by atomic mass is 127. The van der Waals surface area contributed by atoms with E-state index in [1.54, 1.807) is 6.07 Å². The minimum Gasteiger partial charge on any atom is -0.489 e. The Labute approximate surface area is 128 Å². The number of hydrogen-bond acceptors (Lipinski definition) is 3. The molecule has 0 spiro atoms. The third-order valence-electron chi connectivity index (χ3n) is 3.49. The zero-order valence-corrected chi connectivity index (χ0v) is 13.1. The highest BCUT2D eigenvalue weighted by Gasteiger charge is 2.31. The molecule has 104 valence electrons. The Morgan fingerprint density at radius 1 is 1.45 bits per heavy atom. The normalized spacial score (nSPS) is 15.9. The summed E-state index contributed by atoms with van der Waals surface area (Å²) < 4.78 is 8.41. The smallest absolute Gasteiger partial charge is 0.341 e. The lowest BCUT2D eigenvalue weighted by Crippen LogP contribution is -2.38. The Balaban J connectivity index is 2.56. The largest absolute Gasteiger partial charge is 0.489 e. The van der Waals surface area contributed by atoms with Gasteiger partial charge in [-0.2, -0.15) is 0 Å². The summed E-state index contributed by atoms with van der Waals surface area (Å²) in [5, 5.41) is 9.61. The van der Waals surface area contributed by atoms with Crippen LogP contribution in [0.15, 0.2) is 23.1 Å². The van der Waals surface area contributed by atoms with Gasteiger partial charge in [-0.15, -0.1) is 0 Å². The zero-order valence-electron chi connectivity index (χ0n) is 10.9. The van der Waals surface area contributed by atoms with Crippen LogP contribution in [0.25, 0.3) is 10.9 Å². The van der Waals surface area contributed by atoms with Crippen LogP contribution in [0.2, 0.25) is 0 Å². The molecule has 6 heteroatoms. The first kappa shape index (κ1) is 13.4. The number of nitrogens with zero attached hydrogens (tertiary/aromatic N) is 1. The molecular weight excluding hydrogens is 373 g/mol. The van der Waals surface area contributed by atoms with E-state index in [1.165, 1.54) is 6.20 Å². The average Bonchev–Trinajstić information content (AvgIpc) is 2.35. The second kappa shape index (κ2) is 4.21. The van der Waals surface area contributed by atoms with Crippen LogP contribution >= 0.6 is 22.6 Å². The molecule has 0 bridgehead atoms. The van der Waals surface area contributed by atoms with Gasteiger partial charge >= 0.3 is 5.97 Å². The van der Waals surface area contributed by atoms with Gasteiger partial charge in [0.15, 0.2) is 0 Å². The van der Waals surface area contributed by atoms with Crippen molar-refractivity contribution in [3.05, 3.63) is 37.7 Å². The predicted octanol–water partition coefficient (Wildman–Crippen LogP) is 2.43. The van der Waals surface area contributed by atoms with E-state index in [2.05, 4.69) is 22.6 Å². The predicted molar refractivity (Wildman–Crippen MR) is 82.7 cm³/mol. The number of benzene rings is 1. The summed E-state index contributed by atoms with van der Waals surface area (Å²) in [4.78, 5) is 23.6. The number of carbonyl (C=O) groups is 1. The number of aromatic nitrogens is 1. The minimum absolute atomic E-state index is 0.208. The number of carboxylic acids is 1. The Kier molecular flexibility index (Phi) is 2.82. The maximum Gasteiger partial charge on any atom is 0.341 e. The van der Waals surface area contributed by atoms with Crippen LogP contribution in [0.5, 0.6) is 5.75 Å². The molecule has 1 aromatic heterocycles. The van der Waals surface area contributed by atoms with E-state index in [-0.39, 0.29) is 5.56 Å². The van der Waals surface area contributed by atoms with Crippen molar-refractivity contribution < 1.29 is 14.6 Å². The van der Waals surface area contributed by atoms with Gasteiger partial charge in [0, 0.05) is 9.77 Å². The van der Waals surface area contributed by atoms with Crippen LogP contribution < -0.4 is 10.2 Å². The minimum atomic E-state index is -1.21. The Morgan fingerprint density at radius 3 is 2.80 bits per heavy atom. The van der Waals surface area contributed by atoms with E-state index in [4.69, 9.17) is 4.74 Å². The quantitative estimate of drug-likeness (QED) is 0.766. The van der Waals surface area contributed by atoms with Crippen molar-refractivity contribution in [3.8, 4) is 5.75 Å². The highest BCUT2D eigenvalue weighted by molar-refractivity contribution is 14.1. The maximum absolute atomic E-state index is 12.3. The molecule has 0 radical (unpaired) electrons. The molecule has 0 fully saturated rings. The average molecular weight is 385 g/mol. The van der Waals surface area contributed by atoms with E-state index in [0.29, 0.717) is 23.3 Å². The summed E-state index contributed by atoms with van der Waals surface area (Å²) in [6.07, 6.45) is 1.42. The lowest BCUT2D eigenvalue weighted by Gasteiger charge is -2.35. The summed E-state index contributed by atoms with van der Waals surface area (Å²) in [7, 11) is 0. The molecule has 3 rings (SSSR count). The molecule has 1 N–H and O–H groups in total. The number of pyridine rings is 1. The van der Waals surface area contributed by atoms with Gasteiger partial charge in [-0.1, -0.05) is 0 Å². The third-order valence-corrected chi connectivity index (χ3v) is 4.11. The molecule has 0 unspecified atom stereocenters. The van der Waals surface area contributed by atoms with Crippen molar-refractivity contribution in [1.82, 2.24) is 4.57 Å². The molecule has 2 aromatic rings. The SMILES string of the molecule is CC1(C)COc2cc(I)cc3c(=O)c(C(=O)O)cn1c23. The standard InChI is InChI=1S/C14H12INO4/c1-14(2)6-20-10-4-7(15)3-8-11(10)16(14)5-9(12(8)17)13(18)19/h3-5H,6H2,1-2H3,(H,18,19). The van der Waals surface area contributed by atoms with Gasteiger partial charge < -0.3 is 14.4 Å². The molecule has 0 aliphatic carbocycles. The summed E-state index contributed by atoms with van der Waals surface area (Å²) >= 11 is 2.09. The highest BCUT2D eigenvalue weighted by Crippen LogP contribution is 2.35. The molecule has 0 amide bonds. The van der Waals surface area contributed by atoms with Crippen LogP contribution in [0.1, 0.15) is 24.2 Å². The Hall–Kier alpha value is -1.57. The summed E-state index contributed by atoms with van der Waals surface area (Å²) in [5.74, 6) is -0.580. The van der Waals surface area contributed by atoms with E-state index < -0.39 is 16.9 Å². The fourth-order valence-electron chi connectivity index (χ4n) is 2.46. The van der Waals surface area contributed by atoms with Crippen LogP contribution in [0, 0.1) is 3.57 Å². The first-order valence-corrected chi connectivity index (χ1v) is 7.14. The molecule has 0 saturated carbocycles. The second-order valence-corrected chi connectivity index (χ2v) is 6.69. The Bertz CT molecular complexity index is 807. The fourth-order valence-corrected chi connectivity index (χ4v) is 3.05. The van der Waals surface area contributed by atoms with E-state index in [0.717, 1.165) is 3.57 Å². The van der Waals surface area contributed by atoms with Gasteiger partial charge in [-0.25, -0.2) is 4.79 Å². The lowest BCUT2D eigenvalue weighted by molar-refractivity contribution is 0.0693. The van der Waals surface area contributed by atoms with Crippen LogP contribution in [0.3, 0.4) is 0 Å². The zero-order chi connectivity index (χ0) is 14.7. The van der Waals surface area contributed by atoms with Crippen molar-refractivity contribution in [3.63, 3.8) is 0 Å². The molecule has 0 saturated heterocycles. The van der Waals surface area contributed by atoms with Gasteiger partial charge in [-0.3, -0.25) is 4.79 Å². The first-order chi connectivity index (χ1) is 9.31. The molecular formula is C14H12INO4. The summed E-state index contributed by atoms with van der Waals surface area (Å²) in [6, 6.07) is 3.56. The number of carboxylic acid groups (broad SMARTS) is 1. The number of ether oxygens (including phenoxy) is 1. The first-order valence-electron chi connectivity index (χ1n) is 6.07. The van der Waals surface area contributed by atoms with Crippen molar-refractivity contribution in [2.75, 3.05) is 6.61 Å². The van der Waals surface area contributed by atoms with Crippen LogP contribution in [-0.4, -0.2) is 22.2 Å². The maximum atomic E-state index is 12.3. The van der Waals surface area contributed by atoms with Crippen molar-refractivity contribution in [2.24, 2.45) is 0 Å². The number of rotatable bonds is 1. The molecule has 1 aliphatic heterocycles. The molecule has 20 heavy (non-hydrogen) atoms. The molecule has 1 aliphatic rings. The van der Waals surface area contributed by atoms with Gasteiger partial charge in [0.25, 0.3) is 0 Å². The Morgan fingerprint density at radius 2 is 2.15 bits per heavy atom. The summed E-state index contributed by atoms with van der Waals surface area (Å²) in [6.45, 7) is 4.32. The molecule has 0 atom stereocenters. The topological polar surface area (TPSA) is 68.5 Å². The monoisotopic (exact) mass is 385 g/mol. The van der Waals surface area contributed by atoms with E-state index in [9.17, 15) is 14.7 Å². The number of hydrogen-bond donors (Lipinski definition) is 1. The van der Waals surface area contributed by atoms with E-state index in [1.807, 2.05) is 24.5 Å². The van der Waals surface area contributed by atoms with Gasteiger partial charge in [0.1, 0.15) is 17.9 Å². The van der Waals surface area contributed by atoms with E-state index >= 15 is 0 Å². The van der Waals surface area contributed by atoms with Crippen molar-refractivity contribution in [2.45, 2.75) is 19.4 Å². The molecule has 5 nitrogen and oxygen atoms in total. The second-order valence-electron chi connectivity index (χ2n) is 5.45. The molecule has 2 heterocycles. The summed E-state index contributed by atoms with van der Waals surface area (Å²) in [5.41, 5.74) is -0.419. The number of halogens is 1. The van der Waals surface area contributed by atoms with Crippen LogP contribution in [0.4, 0.5) is 0 Å². The van der Waals surface area contributed by atoms with Crippen molar-refractivity contribution >= 4 is 39.5 Å². The fraction of sp³-hybridized carbons (Fsp3) is 0.286. The third kappa shape index (κ3) is 1.81. The van der Waals surface area contributed by atoms with Crippen molar-refractivity contribution in [1.29, 1.82) is 0 Å². The number of aromatic carboxylic acids is 1. The molecule has 1 aromatic carbocycles. The lowest BCUT2D eigenvalue weighted by atomic mass is 10.0.